The van der Waals surface area contributed by atoms with Crippen LogP contribution in [0.25, 0.3) is 5.57 Å². The smallest absolute Gasteiger partial charge is 0.335 e. The molecule has 1 aromatic rings. The molecule has 0 amide bonds. The number of hydrogen-bond acceptors (Lipinski definition) is 2. The van der Waals surface area contributed by atoms with Gasteiger partial charge in [-0.1, -0.05) is 24.8 Å². The molecular formula is C12H11NO2. The Kier molecular flexibility index (Phi) is 3.57. The monoisotopic (exact) mass is 201 g/mol. The fourth-order valence-corrected chi connectivity index (χ4v) is 1.18. The molecule has 0 aromatic heterocycles. The zero-order valence-electron chi connectivity index (χ0n) is 8.10. The molecule has 1 rings (SSSR count). The lowest BCUT2D eigenvalue weighted by Gasteiger charge is -2.01. The van der Waals surface area contributed by atoms with E-state index in [-0.39, 0.29) is 5.56 Å². The van der Waals surface area contributed by atoms with Gasteiger partial charge >= 0.3 is 5.97 Å². The molecule has 0 saturated carbocycles. The van der Waals surface area contributed by atoms with Crippen LogP contribution in [0.4, 0.5) is 0 Å². The molecule has 0 aliphatic heterocycles. The van der Waals surface area contributed by atoms with E-state index in [1.807, 2.05) is 0 Å². The van der Waals surface area contributed by atoms with Crippen LogP contribution in [0.1, 0.15) is 15.9 Å². The maximum Gasteiger partial charge on any atom is 0.335 e. The summed E-state index contributed by atoms with van der Waals surface area (Å²) >= 11 is 0. The third-order valence-corrected chi connectivity index (χ3v) is 1.95. The summed E-state index contributed by atoms with van der Waals surface area (Å²) in [5.74, 6) is -0.947. The first-order chi connectivity index (χ1) is 7.19. The lowest BCUT2D eigenvalue weighted by atomic mass is 10.0. The second kappa shape index (κ2) is 4.91. The van der Waals surface area contributed by atoms with Crippen LogP contribution in [-0.2, 0) is 0 Å². The highest BCUT2D eigenvalue weighted by atomic mass is 16.4. The van der Waals surface area contributed by atoms with Crippen LogP contribution in [0, 0.1) is 5.41 Å². The number of carboxylic acids is 1. The lowest BCUT2D eigenvalue weighted by molar-refractivity contribution is 0.0697. The van der Waals surface area contributed by atoms with Gasteiger partial charge in [-0.15, -0.1) is 0 Å². The topological polar surface area (TPSA) is 61.2 Å². The van der Waals surface area contributed by atoms with Gasteiger partial charge in [0.15, 0.2) is 0 Å². The van der Waals surface area contributed by atoms with Gasteiger partial charge in [-0.05, 0) is 29.3 Å². The molecule has 0 aliphatic carbocycles. The average molecular weight is 201 g/mol. The summed E-state index contributed by atoms with van der Waals surface area (Å²) in [5.41, 5.74) is 1.89. The minimum Gasteiger partial charge on any atom is -0.478 e. The predicted octanol–water partition coefficient (Wildman–Crippen LogP) is 2.60. The summed E-state index contributed by atoms with van der Waals surface area (Å²) in [7, 11) is 0. The molecule has 2 N–H and O–H groups in total. The number of nitrogens with one attached hydrogen (secondary N) is 1. The van der Waals surface area contributed by atoms with Gasteiger partial charge in [0.05, 0.1) is 5.56 Å². The minimum atomic E-state index is -0.947. The molecule has 0 spiro atoms. The van der Waals surface area contributed by atoms with Gasteiger partial charge in [0.1, 0.15) is 0 Å². The van der Waals surface area contributed by atoms with Gasteiger partial charge in [-0.25, -0.2) is 4.79 Å². The van der Waals surface area contributed by atoms with Crippen molar-refractivity contribution in [3.63, 3.8) is 0 Å². The highest BCUT2D eigenvalue weighted by molar-refractivity contribution is 5.90. The Morgan fingerprint density at radius 2 is 1.80 bits per heavy atom. The van der Waals surface area contributed by atoms with Crippen molar-refractivity contribution in [3.8, 4) is 0 Å². The van der Waals surface area contributed by atoms with Gasteiger partial charge in [-0.3, -0.25) is 0 Å². The second-order valence-electron chi connectivity index (χ2n) is 2.88. The molecule has 1 aromatic carbocycles. The zero-order valence-corrected chi connectivity index (χ0v) is 8.10. The van der Waals surface area contributed by atoms with Crippen molar-refractivity contribution in [2.75, 3.05) is 0 Å². The maximum atomic E-state index is 10.6. The lowest BCUT2D eigenvalue weighted by Crippen LogP contribution is -1.95. The van der Waals surface area contributed by atoms with E-state index in [0.29, 0.717) is 0 Å². The standard InChI is InChI=1S/C12H11NO2/c1-2-9(7-8-13)10-3-5-11(6-4-10)12(14)15/h2-8,13H,1H2,(H,14,15)/b9-7+,13-8?. The van der Waals surface area contributed by atoms with Crippen molar-refractivity contribution in [2.45, 2.75) is 0 Å². The quantitative estimate of drug-likeness (QED) is 0.581. The number of benzene rings is 1. The zero-order chi connectivity index (χ0) is 11.3. The summed E-state index contributed by atoms with van der Waals surface area (Å²) in [5, 5.41) is 15.7. The molecule has 3 nitrogen and oxygen atoms in total. The molecule has 0 atom stereocenters. The number of aromatic carboxylic acids is 1. The Morgan fingerprint density at radius 3 is 2.20 bits per heavy atom. The number of carboxylic acid groups (broad SMARTS) is 1. The van der Waals surface area contributed by atoms with E-state index in [4.69, 9.17) is 10.5 Å². The van der Waals surface area contributed by atoms with Gasteiger partial charge < -0.3 is 10.5 Å². The predicted molar refractivity (Wildman–Crippen MR) is 60.4 cm³/mol. The molecule has 0 heterocycles. The van der Waals surface area contributed by atoms with Crippen molar-refractivity contribution < 1.29 is 9.90 Å². The molecule has 15 heavy (non-hydrogen) atoms. The van der Waals surface area contributed by atoms with E-state index in [0.717, 1.165) is 11.1 Å². The largest absolute Gasteiger partial charge is 0.478 e. The van der Waals surface area contributed by atoms with Crippen LogP contribution < -0.4 is 0 Å². The van der Waals surface area contributed by atoms with Crippen LogP contribution in [0.2, 0.25) is 0 Å². The van der Waals surface area contributed by atoms with E-state index >= 15 is 0 Å². The highest BCUT2D eigenvalue weighted by Gasteiger charge is 2.02. The number of carbonyl (C=O) groups is 1. The van der Waals surface area contributed by atoms with Crippen molar-refractivity contribution >= 4 is 17.8 Å². The fourth-order valence-electron chi connectivity index (χ4n) is 1.18. The van der Waals surface area contributed by atoms with Crippen LogP contribution in [0.3, 0.4) is 0 Å². The Labute approximate surface area is 87.9 Å². The molecule has 0 aliphatic rings. The molecule has 0 radical (unpaired) electrons. The summed E-state index contributed by atoms with van der Waals surface area (Å²) in [6, 6.07) is 6.44. The van der Waals surface area contributed by atoms with E-state index < -0.39 is 5.97 Å². The van der Waals surface area contributed by atoms with Gasteiger partial charge in [-0.2, -0.15) is 0 Å². The van der Waals surface area contributed by atoms with Gasteiger partial charge in [0, 0.05) is 6.21 Å². The van der Waals surface area contributed by atoms with Crippen LogP contribution in [-0.4, -0.2) is 17.3 Å². The summed E-state index contributed by atoms with van der Waals surface area (Å²) in [6.45, 7) is 3.63. The Hall–Kier alpha value is -2.16. The normalized spacial score (nSPS) is 10.8. The van der Waals surface area contributed by atoms with E-state index in [9.17, 15) is 4.79 Å². The van der Waals surface area contributed by atoms with E-state index in [1.165, 1.54) is 18.3 Å². The molecule has 0 fully saturated rings. The SMILES string of the molecule is C=C/C(=C\C=N)c1ccc(C(=O)O)cc1. The van der Waals surface area contributed by atoms with Crippen molar-refractivity contribution in [2.24, 2.45) is 0 Å². The van der Waals surface area contributed by atoms with Crippen molar-refractivity contribution in [1.29, 1.82) is 5.41 Å². The van der Waals surface area contributed by atoms with Gasteiger partial charge in [0.25, 0.3) is 0 Å². The first kappa shape index (κ1) is 10.9. The third-order valence-electron chi connectivity index (χ3n) is 1.95. The Balaban J connectivity index is 3.07. The minimum absolute atomic E-state index is 0.247. The van der Waals surface area contributed by atoms with E-state index in [1.54, 1.807) is 24.3 Å². The third kappa shape index (κ3) is 2.64. The molecular weight excluding hydrogens is 190 g/mol. The van der Waals surface area contributed by atoms with Crippen molar-refractivity contribution in [1.82, 2.24) is 0 Å². The first-order valence-corrected chi connectivity index (χ1v) is 4.36. The number of rotatable bonds is 4. The number of allylic oxidation sites excluding steroid dienone is 3. The maximum absolute atomic E-state index is 10.6. The fraction of sp³-hybridized carbons (Fsp3) is 0. The molecule has 0 unspecified atom stereocenters. The molecule has 0 bridgehead atoms. The Morgan fingerprint density at radius 1 is 1.27 bits per heavy atom. The molecule has 0 saturated heterocycles. The van der Waals surface area contributed by atoms with Crippen LogP contribution in [0.5, 0.6) is 0 Å². The average Bonchev–Trinajstić information content (AvgIpc) is 2.26. The first-order valence-electron chi connectivity index (χ1n) is 4.36. The summed E-state index contributed by atoms with van der Waals surface area (Å²) in [4.78, 5) is 10.6. The Bertz CT molecular complexity index is 416. The van der Waals surface area contributed by atoms with Crippen LogP contribution >= 0.6 is 0 Å². The summed E-state index contributed by atoms with van der Waals surface area (Å²) in [6.07, 6.45) is 4.39. The van der Waals surface area contributed by atoms with Gasteiger partial charge in [0.2, 0.25) is 0 Å². The second-order valence-corrected chi connectivity index (χ2v) is 2.88. The molecule has 76 valence electrons. The van der Waals surface area contributed by atoms with E-state index in [2.05, 4.69) is 6.58 Å². The van der Waals surface area contributed by atoms with Crippen LogP contribution in [0.15, 0.2) is 43.0 Å². The molecule has 3 heteroatoms. The highest BCUT2D eigenvalue weighted by Crippen LogP contribution is 2.15. The van der Waals surface area contributed by atoms with Crippen molar-refractivity contribution in [3.05, 3.63) is 54.1 Å². The number of hydrogen-bond donors (Lipinski definition) is 2. The summed E-state index contributed by atoms with van der Waals surface area (Å²) < 4.78 is 0.